The molecule has 5 nitrogen and oxygen atoms in total. The third-order valence-corrected chi connectivity index (χ3v) is 3.04. The van der Waals surface area contributed by atoms with Crippen LogP contribution in [0.3, 0.4) is 0 Å². The maximum atomic E-state index is 11.6. The van der Waals surface area contributed by atoms with Crippen LogP contribution in [0.25, 0.3) is 0 Å². The fourth-order valence-corrected chi connectivity index (χ4v) is 1.95. The third-order valence-electron chi connectivity index (χ3n) is 3.04. The fourth-order valence-electron chi connectivity index (χ4n) is 1.95. The summed E-state index contributed by atoms with van der Waals surface area (Å²) in [6, 6.07) is 3.59. The van der Waals surface area contributed by atoms with E-state index in [9.17, 15) is 4.79 Å². The molecule has 0 atom stereocenters. The van der Waals surface area contributed by atoms with Crippen molar-refractivity contribution in [3.8, 4) is 17.2 Å². The van der Waals surface area contributed by atoms with Gasteiger partial charge in [0.15, 0.2) is 0 Å². The second-order valence-electron chi connectivity index (χ2n) is 4.44. The Balaban J connectivity index is 2.74. The zero-order valence-corrected chi connectivity index (χ0v) is 13.5. The number of rotatable bonds is 8. The molecule has 5 heteroatoms. The van der Waals surface area contributed by atoms with Crippen LogP contribution in [-0.4, -0.2) is 33.8 Å². The van der Waals surface area contributed by atoms with Crippen LogP contribution in [0.2, 0.25) is 0 Å². The number of nitrogens with one attached hydrogen (secondary N) is 1. The lowest BCUT2D eigenvalue weighted by atomic mass is 10.1. The molecule has 0 saturated heterocycles. The van der Waals surface area contributed by atoms with Crippen molar-refractivity contribution in [1.82, 2.24) is 5.32 Å². The molecule has 0 aliphatic rings. The van der Waals surface area contributed by atoms with Crippen LogP contribution in [-0.2, 0) is 11.2 Å². The number of methoxy groups -OCH3 is 3. The number of hydrogen-bond acceptors (Lipinski definition) is 4. The molecule has 1 rings (SSSR count). The average Bonchev–Trinajstić information content (AvgIpc) is 2.54. The van der Waals surface area contributed by atoms with Crippen LogP contribution in [0.1, 0.15) is 12.5 Å². The third kappa shape index (κ3) is 5.16. The van der Waals surface area contributed by atoms with E-state index in [-0.39, 0.29) is 5.91 Å². The maximum Gasteiger partial charge on any atom is 0.243 e. The Morgan fingerprint density at radius 1 is 1.09 bits per heavy atom. The summed E-state index contributed by atoms with van der Waals surface area (Å²) in [6.07, 6.45) is 7.44. The Morgan fingerprint density at radius 2 is 1.73 bits per heavy atom. The summed E-state index contributed by atoms with van der Waals surface area (Å²) >= 11 is 0. The Bertz CT molecular complexity index is 525. The molecule has 0 heterocycles. The van der Waals surface area contributed by atoms with Crippen LogP contribution in [0, 0.1) is 0 Å². The van der Waals surface area contributed by atoms with E-state index >= 15 is 0 Å². The monoisotopic (exact) mass is 305 g/mol. The fraction of sp³-hybridized carbons (Fsp3) is 0.353. The van der Waals surface area contributed by atoms with Gasteiger partial charge < -0.3 is 19.5 Å². The summed E-state index contributed by atoms with van der Waals surface area (Å²) in [6.45, 7) is 2.38. The van der Waals surface area contributed by atoms with Gasteiger partial charge in [0.25, 0.3) is 0 Å². The van der Waals surface area contributed by atoms with Gasteiger partial charge in [-0.15, -0.1) is 0 Å². The highest BCUT2D eigenvalue weighted by Gasteiger charge is 2.13. The second-order valence-corrected chi connectivity index (χ2v) is 4.44. The largest absolute Gasteiger partial charge is 0.496 e. The summed E-state index contributed by atoms with van der Waals surface area (Å²) in [4.78, 5) is 11.6. The SMILES string of the molecule is CC=CC=CC(=O)NCCc1c(OC)cc(OC)cc1OC. The molecule has 1 N–H and O–H groups in total. The molecule has 0 aromatic heterocycles. The van der Waals surface area contributed by atoms with E-state index < -0.39 is 0 Å². The predicted octanol–water partition coefficient (Wildman–Crippen LogP) is 2.50. The maximum absolute atomic E-state index is 11.6. The van der Waals surface area contributed by atoms with E-state index in [0.717, 1.165) is 5.56 Å². The van der Waals surface area contributed by atoms with Crippen molar-refractivity contribution in [2.75, 3.05) is 27.9 Å². The van der Waals surface area contributed by atoms with Crippen molar-refractivity contribution in [2.24, 2.45) is 0 Å². The Morgan fingerprint density at radius 3 is 2.23 bits per heavy atom. The highest BCUT2D eigenvalue weighted by atomic mass is 16.5. The number of benzene rings is 1. The Hall–Kier alpha value is -2.43. The number of amides is 1. The number of ether oxygens (including phenoxy) is 3. The van der Waals surface area contributed by atoms with Gasteiger partial charge in [-0.1, -0.05) is 18.2 Å². The number of carbonyl (C=O) groups excluding carboxylic acids is 1. The standard InChI is InChI=1S/C17H23NO4/c1-5-6-7-8-17(19)18-10-9-14-15(21-3)11-13(20-2)12-16(14)22-4/h5-8,11-12H,9-10H2,1-4H3,(H,18,19). The summed E-state index contributed by atoms with van der Waals surface area (Å²) in [5.41, 5.74) is 0.892. The van der Waals surface area contributed by atoms with Crippen LogP contribution in [0.4, 0.5) is 0 Å². The molecule has 0 bridgehead atoms. The molecule has 0 fully saturated rings. The van der Waals surface area contributed by atoms with Gasteiger partial charge in [0.05, 0.1) is 21.3 Å². The van der Waals surface area contributed by atoms with Gasteiger partial charge in [-0.25, -0.2) is 0 Å². The summed E-state index contributed by atoms with van der Waals surface area (Å²) < 4.78 is 15.9. The Labute approximate surface area is 131 Å². The predicted molar refractivity (Wildman–Crippen MR) is 86.8 cm³/mol. The zero-order valence-electron chi connectivity index (χ0n) is 13.5. The van der Waals surface area contributed by atoms with Crippen molar-refractivity contribution >= 4 is 5.91 Å². The number of allylic oxidation sites excluding steroid dienone is 3. The minimum absolute atomic E-state index is 0.135. The summed E-state index contributed by atoms with van der Waals surface area (Å²) in [5, 5.41) is 2.82. The minimum Gasteiger partial charge on any atom is -0.496 e. The van der Waals surface area contributed by atoms with Crippen molar-refractivity contribution in [3.63, 3.8) is 0 Å². The molecular formula is C17H23NO4. The molecule has 0 aliphatic carbocycles. The van der Waals surface area contributed by atoms with Crippen molar-refractivity contribution in [3.05, 3.63) is 42.0 Å². The van der Waals surface area contributed by atoms with E-state index in [1.165, 1.54) is 6.08 Å². The van der Waals surface area contributed by atoms with Crippen LogP contribution < -0.4 is 19.5 Å². The summed E-state index contributed by atoms with van der Waals surface area (Å²) in [5.74, 6) is 1.88. The van der Waals surface area contributed by atoms with E-state index in [1.807, 2.05) is 13.0 Å². The van der Waals surface area contributed by atoms with Crippen molar-refractivity contribution in [1.29, 1.82) is 0 Å². The highest BCUT2D eigenvalue weighted by molar-refractivity contribution is 5.87. The van der Waals surface area contributed by atoms with Crippen LogP contribution in [0.5, 0.6) is 17.2 Å². The number of hydrogen-bond donors (Lipinski definition) is 1. The van der Waals surface area contributed by atoms with Crippen molar-refractivity contribution < 1.29 is 19.0 Å². The topological polar surface area (TPSA) is 56.8 Å². The highest BCUT2D eigenvalue weighted by Crippen LogP contribution is 2.34. The van der Waals surface area contributed by atoms with E-state index in [1.54, 1.807) is 45.6 Å². The van der Waals surface area contributed by atoms with Gasteiger partial charge in [0, 0.05) is 30.3 Å². The Kier molecular flexibility index (Phi) is 7.61. The molecule has 1 amide bonds. The molecule has 0 aliphatic heterocycles. The first-order valence-corrected chi connectivity index (χ1v) is 7.02. The lowest BCUT2D eigenvalue weighted by molar-refractivity contribution is -0.116. The van der Waals surface area contributed by atoms with E-state index in [0.29, 0.717) is 30.2 Å². The normalized spacial score (nSPS) is 10.9. The molecule has 0 spiro atoms. The smallest absolute Gasteiger partial charge is 0.243 e. The van der Waals surface area contributed by atoms with Crippen LogP contribution >= 0.6 is 0 Å². The first-order chi connectivity index (χ1) is 10.7. The molecule has 0 saturated carbocycles. The average molecular weight is 305 g/mol. The van der Waals surface area contributed by atoms with E-state index in [2.05, 4.69) is 5.32 Å². The molecular weight excluding hydrogens is 282 g/mol. The van der Waals surface area contributed by atoms with Gasteiger partial charge >= 0.3 is 0 Å². The van der Waals surface area contributed by atoms with Crippen molar-refractivity contribution in [2.45, 2.75) is 13.3 Å². The van der Waals surface area contributed by atoms with Gasteiger partial charge in [0.1, 0.15) is 17.2 Å². The first-order valence-electron chi connectivity index (χ1n) is 7.02. The zero-order chi connectivity index (χ0) is 16.4. The molecule has 1 aromatic carbocycles. The lowest BCUT2D eigenvalue weighted by Gasteiger charge is -2.15. The quantitative estimate of drug-likeness (QED) is 0.592. The molecule has 1 aromatic rings. The van der Waals surface area contributed by atoms with Gasteiger partial charge in [-0.3, -0.25) is 4.79 Å². The van der Waals surface area contributed by atoms with Gasteiger partial charge in [0.2, 0.25) is 5.91 Å². The molecule has 0 radical (unpaired) electrons. The van der Waals surface area contributed by atoms with Gasteiger partial charge in [-0.2, -0.15) is 0 Å². The molecule has 120 valence electrons. The number of carbonyl (C=O) groups is 1. The summed E-state index contributed by atoms with van der Waals surface area (Å²) in [7, 11) is 4.78. The van der Waals surface area contributed by atoms with E-state index in [4.69, 9.17) is 14.2 Å². The second kappa shape index (κ2) is 9.50. The van der Waals surface area contributed by atoms with Crippen LogP contribution in [0.15, 0.2) is 36.4 Å². The first kappa shape index (κ1) is 17.6. The molecule has 22 heavy (non-hydrogen) atoms. The minimum atomic E-state index is -0.135. The lowest BCUT2D eigenvalue weighted by Crippen LogP contribution is -2.23. The van der Waals surface area contributed by atoms with Gasteiger partial charge in [-0.05, 0) is 13.3 Å². The molecule has 0 unspecified atom stereocenters.